The Hall–Kier alpha value is -2.67. The molecule has 0 radical (unpaired) electrons. The van der Waals surface area contributed by atoms with Gasteiger partial charge in [0.25, 0.3) is 5.91 Å². The highest BCUT2D eigenvalue weighted by molar-refractivity contribution is 5.94. The molecule has 0 aliphatic carbocycles. The fourth-order valence-electron chi connectivity index (χ4n) is 2.35. The fraction of sp³-hybridized carbons (Fsp3) is 0.267. The summed E-state index contributed by atoms with van der Waals surface area (Å²) in [5, 5.41) is 8.98. The Morgan fingerprint density at radius 2 is 2.05 bits per heavy atom. The first-order valence-electron chi connectivity index (χ1n) is 6.87. The number of carboxylic acid groups (broad SMARTS) is 1. The van der Waals surface area contributed by atoms with Crippen molar-refractivity contribution >= 4 is 11.9 Å². The van der Waals surface area contributed by atoms with Gasteiger partial charge in [0.05, 0.1) is 19.5 Å². The highest BCUT2D eigenvalue weighted by Gasteiger charge is 2.29. The molecule has 2 aromatic rings. The standard InChI is InChI=1S/C15H15N3O4/c19-14(17-7-8-22-13(9-17)15(20)21)11-1-3-12(4-2-11)18-6-5-16-10-18/h1-6,10,13H,7-9H2,(H,20,21). The van der Waals surface area contributed by atoms with Gasteiger partial charge in [0.2, 0.25) is 0 Å². The molecule has 1 N–H and O–H groups in total. The molecule has 1 saturated heterocycles. The van der Waals surface area contributed by atoms with Crippen LogP contribution >= 0.6 is 0 Å². The highest BCUT2D eigenvalue weighted by Crippen LogP contribution is 2.14. The van der Waals surface area contributed by atoms with Crippen molar-refractivity contribution < 1.29 is 19.4 Å². The number of imidazole rings is 1. The van der Waals surface area contributed by atoms with Gasteiger partial charge in [-0.15, -0.1) is 0 Å². The van der Waals surface area contributed by atoms with Gasteiger partial charge in [0.1, 0.15) is 0 Å². The van der Waals surface area contributed by atoms with Gasteiger partial charge in [-0.2, -0.15) is 0 Å². The Kier molecular flexibility index (Phi) is 3.88. The van der Waals surface area contributed by atoms with E-state index in [4.69, 9.17) is 9.84 Å². The first-order valence-corrected chi connectivity index (χ1v) is 6.87. The van der Waals surface area contributed by atoms with Crippen molar-refractivity contribution in [1.29, 1.82) is 0 Å². The zero-order valence-corrected chi connectivity index (χ0v) is 11.8. The van der Waals surface area contributed by atoms with Gasteiger partial charge < -0.3 is 19.3 Å². The number of hydrogen-bond donors (Lipinski definition) is 1. The summed E-state index contributed by atoms with van der Waals surface area (Å²) >= 11 is 0. The number of carboxylic acids is 1. The van der Waals surface area contributed by atoms with Gasteiger partial charge >= 0.3 is 5.97 Å². The molecular formula is C15H15N3O4. The van der Waals surface area contributed by atoms with E-state index in [1.54, 1.807) is 24.7 Å². The Morgan fingerprint density at radius 1 is 1.27 bits per heavy atom. The van der Waals surface area contributed by atoms with Gasteiger partial charge in [-0.05, 0) is 24.3 Å². The van der Waals surface area contributed by atoms with Crippen LogP contribution in [0.15, 0.2) is 43.0 Å². The molecule has 1 fully saturated rings. The van der Waals surface area contributed by atoms with E-state index in [1.165, 1.54) is 4.90 Å². The molecule has 1 unspecified atom stereocenters. The minimum Gasteiger partial charge on any atom is -0.479 e. The maximum atomic E-state index is 12.4. The molecule has 1 aliphatic rings. The smallest absolute Gasteiger partial charge is 0.334 e. The van der Waals surface area contributed by atoms with E-state index in [9.17, 15) is 9.59 Å². The lowest BCUT2D eigenvalue weighted by molar-refractivity contribution is -0.154. The largest absolute Gasteiger partial charge is 0.479 e. The second kappa shape index (κ2) is 5.98. The van der Waals surface area contributed by atoms with Crippen molar-refractivity contribution in [2.24, 2.45) is 0 Å². The minimum atomic E-state index is -1.05. The molecule has 0 spiro atoms. The molecule has 7 nitrogen and oxygen atoms in total. The number of carbonyl (C=O) groups excluding carboxylic acids is 1. The topological polar surface area (TPSA) is 84.7 Å². The van der Waals surface area contributed by atoms with E-state index in [0.29, 0.717) is 12.1 Å². The maximum absolute atomic E-state index is 12.4. The Labute approximate surface area is 126 Å². The maximum Gasteiger partial charge on any atom is 0.334 e. The molecule has 1 aromatic heterocycles. The molecule has 1 aliphatic heterocycles. The van der Waals surface area contributed by atoms with E-state index < -0.39 is 12.1 Å². The van der Waals surface area contributed by atoms with Crippen LogP contribution < -0.4 is 0 Å². The number of rotatable bonds is 3. The van der Waals surface area contributed by atoms with E-state index in [1.807, 2.05) is 22.9 Å². The quantitative estimate of drug-likeness (QED) is 0.906. The minimum absolute atomic E-state index is 0.0669. The van der Waals surface area contributed by atoms with Crippen molar-refractivity contribution in [3.63, 3.8) is 0 Å². The van der Waals surface area contributed by atoms with Crippen LogP contribution in [0.4, 0.5) is 0 Å². The summed E-state index contributed by atoms with van der Waals surface area (Å²) in [5.41, 5.74) is 1.43. The van der Waals surface area contributed by atoms with Gasteiger partial charge in [-0.1, -0.05) is 0 Å². The zero-order chi connectivity index (χ0) is 15.5. The first-order chi connectivity index (χ1) is 10.6. The average molecular weight is 301 g/mol. The van der Waals surface area contributed by atoms with Crippen LogP contribution in [0.2, 0.25) is 0 Å². The molecule has 1 aromatic carbocycles. The lowest BCUT2D eigenvalue weighted by Crippen LogP contribution is -2.48. The number of benzene rings is 1. The molecular weight excluding hydrogens is 286 g/mol. The second-order valence-corrected chi connectivity index (χ2v) is 4.97. The summed E-state index contributed by atoms with van der Waals surface area (Å²) in [6.45, 7) is 0.694. The average Bonchev–Trinajstić information content (AvgIpc) is 3.09. The molecule has 0 bridgehead atoms. The molecule has 1 atom stereocenters. The summed E-state index contributed by atoms with van der Waals surface area (Å²) in [5.74, 6) is -1.24. The van der Waals surface area contributed by atoms with Crippen LogP contribution in [0.1, 0.15) is 10.4 Å². The number of morpholine rings is 1. The van der Waals surface area contributed by atoms with E-state index in [2.05, 4.69) is 4.98 Å². The zero-order valence-electron chi connectivity index (χ0n) is 11.8. The second-order valence-electron chi connectivity index (χ2n) is 4.97. The lowest BCUT2D eigenvalue weighted by atomic mass is 10.1. The number of ether oxygens (including phenoxy) is 1. The summed E-state index contributed by atoms with van der Waals surface area (Å²) in [4.78, 5) is 28.9. The van der Waals surface area contributed by atoms with Crippen LogP contribution in [0.3, 0.4) is 0 Å². The normalized spacial score (nSPS) is 18.2. The Morgan fingerprint density at radius 3 is 2.68 bits per heavy atom. The molecule has 22 heavy (non-hydrogen) atoms. The number of nitrogens with zero attached hydrogens (tertiary/aromatic N) is 3. The van der Waals surface area contributed by atoms with E-state index in [-0.39, 0.29) is 19.1 Å². The first kappa shape index (κ1) is 14.3. The van der Waals surface area contributed by atoms with Gasteiger partial charge in [-0.3, -0.25) is 4.79 Å². The Balaban J connectivity index is 1.73. The van der Waals surface area contributed by atoms with E-state index >= 15 is 0 Å². The van der Waals surface area contributed by atoms with E-state index in [0.717, 1.165) is 5.69 Å². The monoisotopic (exact) mass is 301 g/mol. The van der Waals surface area contributed by atoms with Crippen LogP contribution in [-0.4, -0.2) is 57.2 Å². The fourth-order valence-corrected chi connectivity index (χ4v) is 2.35. The third-order valence-corrected chi connectivity index (χ3v) is 3.55. The highest BCUT2D eigenvalue weighted by atomic mass is 16.5. The SMILES string of the molecule is O=C(O)C1CN(C(=O)c2ccc(-n3ccnc3)cc2)CCO1. The van der Waals surface area contributed by atoms with Crippen LogP contribution in [0.5, 0.6) is 0 Å². The number of aromatic nitrogens is 2. The number of hydrogen-bond acceptors (Lipinski definition) is 4. The van der Waals surface area contributed by atoms with Gasteiger partial charge in [-0.25, -0.2) is 9.78 Å². The summed E-state index contributed by atoms with van der Waals surface area (Å²) in [7, 11) is 0. The van der Waals surface area contributed by atoms with Crippen molar-refractivity contribution in [3.05, 3.63) is 48.5 Å². The van der Waals surface area contributed by atoms with Crippen LogP contribution in [0, 0.1) is 0 Å². The van der Waals surface area contributed by atoms with Crippen molar-refractivity contribution in [1.82, 2.24) is 14.5 Å². The molecule has 114 valence electrons. The van der Waals surface area contributed by atoms with Crippen molar-refractivity contribution in [2.45, 2.75) is 6.10 Å². The number of amides is 1. The van der Waals surface area contributed by atoms with Crippen molar-refractivity contribution in [2.75, 3.05) is 19.7 Å². The predicted octanol–water partition coefficient (Wildman–Crippen LogP) is 0.798. The van der Waals surface area contributed by atoms with Gasteiger partial charge in [0.15, 0.2) is 6.10 Å². The summed E-state index contributed by atoms with van der Waals surface area (Å²) in [6.07, 6.45) is 4.22. The third kappa shape index (κ3) is 2.84. The number of carbonyl (C=O) groups is 2. The molecule has 1 amide bonds. The van der Waals surface area contributed by atoms with Crippen LogP contribution in [-0.2, 0) is 9.53 Å². The molecule has 3 rings (SSSR count). The number of aliphatic carboxylic acids is 1. The predicted molar refractivity (Wildman–Crippen MR) is 76.8 cm³/mol. The molecule has 2 heterocycles. The lowest BCUT2D eigenvalue weighted by Gasteiger charge is -2.30. The summed E-state index contributed by atoms with van der Waals surface area (Å²) < 4.78 is 6.96. The Bertz CT molecular complexity index is 667. The summed E-state index contributed by atoms with van der Waals surface area (Å²) in [6, 6.07) is 7.10. The molecule has 7 heteroatoms. The molecule has 0 saturated carbocycles. The third-order valence-electron chi connectivity index (χ3n) is 3.55. The van der Waals surface area contributed by atoms with Crippen LogP contribution in [0.25, 0.3) is 5.69 Å². The van der Waals surface area contributed by atoms with Crippen molar-refractivity contribution in [3.8, 4) is 5.69 Å². The van der Waals surface area contributed by atoms with Gasteiger partial charge in [0, 0.05) is 30.2 Å².